The molecule has 106 valence electrons. The van der Waals surface area contributed by atoms with E-state index in [1.165, 1.54) is 5.01 Å². The van der Waals surface area contributed by atoms with E-state index in [4.69, 9.17) is 5.11 Å². The van der Waals surface area contributed by atoms with Gasteiger partial charge in [0.05, 0.1) is 12.5 Å². The first kappa shape index (κ1) is 14.7. The van der Waals surface area contributed by atoms with E-state index >= 15 is 0 Å². The molecule has 2 rings (SSSR count). The predicted octanol–water partition coefficient (Wildman–Crippen LogP) is 2.65. The van der Waals surface area contributed by atoms with E-state index in [1.54, 1.807) is 6.92 Å². The van der Waals surface area contributed by atoms with Crippen molar-refractivity contribution in [3.05, 3.63) is 34.3 Å². The highest BCUT2D eigenvalue weighted by Crippen LogP contribution is 2.23. The van der Waals surface area contributed by atoms with Gasteiger partial charge < -0.3 is 5.11 Å². The number of carboxylic acid groups (broad SMARTS) is 1. The van der Waals surface area contributed by atoms with E-state index in [2.05, 4.69) is 21.0 Å². The average molecular weight is 339 g/mol. The van der Waals surface area contributed by atoms with Crippen molar-refractivity contribution in [2.24, 2.45) is 11.0 Å². The van der Waals surface area contributed by atoms with Gasteiger partial charge in [-0.15, -0.1) is 0 Å². The standard InChI is InChI=1S/C14H15BrN2O3/c1-9-12(5-6-13(18)19)14(20)17(16-9)8-10-3-2-4-11(15)7-10/h2-4,7,12H,5-6,8H2,1H3,(H,18,19). The largest absolute Gasteiger partial charge is 0.481 e. The third kappa shape index (κ3) is 3.45. The molecule has 0 saturated heterocycles. The van der Waals surface area contributed by atoms with Crippen LogP contribution in [0.1, 0.15) is 25.3 Å². The Morgan fingerprint density at radius 1 is 1.50 bits per heavy atom. The molecule has 1 aliphatic rings. The number of halogens is 1. The molecule has 1 amide bonds. The molecule has 5 nitrogen and oxygen atoms in total. The first-order valence-electron chi connectivity index (χ1n) is 6.30. The fourth-order valence-corrected chi connectivity index (χ4v) is 2.64. The van der Waals surface area contributed by atoms with Gasteiger partial charge in [0.1, 0.15) is 0 Å². The van der Waals surface area contributed by atoms with E-state index in [0.29, 0.717) is 18.7 Å². The third-order valence-corrected chi connectivity index (χ3v) is 3.70. The van der Waals surface area contributed by atoms with Crippen molar-refractivity contribution in [3.63, 3.8) is 0 Å². The van der Waals surface area contributed by atoms with Crippen molar-refractivity contribution in [1.29, 1.82) is 0 Å². The van der Waals surface area contributed by atoms with Gasteiger partial charge >= 0.3 is 5.97 Å². The minimum absolute atomic E-state index is 0.0198. The molecule has 1 N–H and O–H groups in total. The summed E-state index contributed by atoms with van der Waals surface area (Å²) in [7, 11) is 0. The van der Waals surface area contributed by atoms with Gasteiger partial charge in [-0.1, -0.05) is 28.1 Å². The second kappa shape index (κ2) is 6.17. The number of carbonyl (C=O) groups excluding carboxylic acids is 1. The van der Waals surface area contributed by atoms with Crippen LogP contribution < -0.4 is 0 Å². The highest BCUT2D eigenvalue weighted by atomic mass is 79.9. The second-order valence-corrected chi connectivity index (χ2v) is 5.67. The maximum Gasteiger partial charge on any atom is 0.303 e. The first-order chi connectivity index (χ1) is 9.47. The van der Waals surface area contributed by atoms with Gasteiger partial charge in [-0.25, -0.2) is 5.01 Å². The molecule has 0 spiro atoms. The van der Waals surface area contributed by atoms with E-state index in [9.17, 15) is 9.59 Å². The minimum atomic E-state index is -0.893. The number of hydrogen-bond acceptors (Lipinski definition) is 3. The lowest BCUT2D eigenvalue weighted by atomic mass is 9.98. The van der Waals surface area contributed by atoms with Crippen molar-refractivity contribution in [2.45, 2.75) is 26.3 Å². The molecule has 0 aromatic heterocycles. The number of hydrogen-bond donors (Lipinski definition) is 1. The number of amides is 1. The Hall–Kier alpha value is -1.69. The van der Waals surface area contributed by atoms with Crippen LogP contribution in [-0.4, -0.2) is 27.7 Å². The Bertz CT molecular complexity index is 571. The highest BCUT2D eigenvalue weighted by Gasteiger charge is 2.33. The smallest absolute Gasteiger partial charge is 0.303 e. The van der Waals surface area contributed by atoms with Crippen LogP contribution in [0.3, 0.4) is 0 Å². The zero-order valence-electron chi connectivity index (χ0n) is 11.0. The molecule has 1 heterocycles. The number of rotatable bonds is 5. The summed E-state index contributed by atoms with van der Waals surface area (Å²) in [5.74, 6) is -1.42. The summed E-state index contributed by atoms with van der Waals surface area (Å²) >= 11 is 3.39. The third-order valence-electron chi connectivity index (χ3n) is 3.20. The monoisotopic (exact) mass is 338 g/mol. The van der Waals surface area contributed by atoms with Gasteiger partial charge in [0.25, 0.3) is 5.91 Å². The molecular weight excluding hydrogens is 324 g/mol. The molecule has 0 fully saturated rings. The highest BCUT2D eigenvalue weighted by molar-refractivity contribution is 9.10. The summed E-state index contributed by atoms with van der Waals surface area (Å²) in [6.45, 7) is 2.17. The first-order valence-corrected chi connectivity index (χ1v) is 7.09. The van der Waals surface area contributed by atoms with Crippen molar-refractivity contribution in [1.82, 2.24) is 5.01 Å². The second-order valence-electron chi connectivity index (χ2n) is 4.75. The van der Waals surface area contributed by atoms with Gasteiger partial charge in [0, 0.05) is 16.6 Å². The number of carboxylic acids is 1. The molecule has 1 aliphatic heterocycles. The Kier molecular flexibility index (Phi) is 4.54. The van der Waals surface area contributed by atoms with Crippen LogP contribution in [0.4, 0.5) is 0 Å². The van der Waals surface area contributed by atoms with E-state index in [0.717, 1.165) is 10.0 Å². The van der Waals surface area contributed by atoms with Gasteiger partial charge in [0.2, 0.25) is 0 Å². The number of nitrogens with zero attached hydrogens (tertiary/aromatic N) is 2. The molecule has 1 aromatic carbocycles. The minimum Gasteiger partial charge on any atom is -0.481 e. The van der Waals surface area contributed by atoms with Crippen molar-refractivity contribution in [3.8, 4) is 0 Å². The van der Waals surface area contributed by atoms with Crippen LogP contribution in [0.25, 0.3) is 0 Å². The predicted molar refractivity (Wildman–Crippen MR) is 78.2 cm³/mol. The summed E-state index contributed by atoms with van der Waals surface area (Å²) in [5, 5.41) is 14.4. The number of aliphatic carboxylic acids is 1. The summed E-state index contributed by atoms with van der Waals surface area (Å²) in [6.07, 6.45) is 0.284. The molecule has 0 bridgehead atoms. The van der Waals surface area contributed by atoms with Crippen LogP contribution in [0.5, 0.6) is 0 Å². The molecule has 20 heavy (non-hydrogen) atoms. The molecule has 1 aromatic rings. The quantitative estimate of drug-likeness (QED) is 0.897. The van der Waals surface area contributed by atoms with Crippen molar-refractivity contribution < 1.29 is 14.7 Å². The fraction of sp³-hybridized carbons (Fsp3) is 0.357. The van der Waals surface area contributed by atoms with E-state index in [1.807, 2.05) is 24.3 Å². The Labute approximate surface area is 125 Å². The van der Waals surface area contributed by atoms with Crippen LogP contribution >= 0.6 is 15.9 Å². The van der Waals surface area contributed by atoms with Crippen molar-refractivity contribution >= 4 is 33.5 Å². The summed E-state index contributed by atoms with van der Waals surface area (Å²) in [4.78, 5) is 22.8. The Balaban J connectivity index is 2.04. The Morgan fingerprint density at radius 3 is 2.90 bits per heavy atom. The fourth-order valence-electron chi connectivity index (χ4n) is 2.19. The molecule has 6 heteroatoms. The lowest BCUT2D eigenvalue weighted by Gasteiger charge is -2.14. The van der Waals surface area contributed by atoms with E-state index < -0.39 is 11.9 Å². The summed E-state index contributed by atoms with van der Waals surface area (Å²) in [5.41, 5.74) is 1.66. The lowest BCUT2D eigenvalue weighted by molar-refractivity contribution is -0.137. The lowest BCUT2D eigenvalue weighted by Crippen LogP contribution is -2.27. The molecular formula is C14H15BrN2O3. The normalized spacial score (nSPS) is 18.3. The molecule has 1 atom stereocenters. The molecule has 0 saturated carbocycles. The van der Waals surface area contributed by atoms with Gasteiger partial charge in [-0.3, -0.25) is 9.59 Å². The van der Waals surface area contributed by atoms with Gasteiger partial charge in [0.15, 0.2) is 0 Å². The summed E-state index contributed by atoms with van der Waals surface area (Å²) < 4.78 is 0.949. The molecule has 0 radical (unpaired) electrons. The topological polar surface area (TPSA) is 70.0 Å². The average Bonchev–Trinajstić information content (AvgIpc) is 2.62. The maximum atomic E-state index is 12.2. The van der Waals surface area contributed by atoms with Crippen LogP contribution in [0.15, 0.2) is 33.8 Å². The zero-order valence-corrected chi connectivity index (χ0v) is 12.6. The zero-order chi connectivity index (χ0) is 14.7. The molecule has 0 aliphatic carbocycles. The van der Waals surface area contributed by atoms with E-state index in [-0.39, 0.29) is 12.3 Å². The summed E-state index contributed by atoms with van der Waals surface area (Å²) in [6, 6.07) is 7.67. The number of carbonyl (C=O) groups is 2. The van der Waals surface area contributed by atoms with Crippen LogP contribution in [0, 0.1) is 5.92 Å². The van der Waals surface area contributed by atoms with Crippen LogP contribution in [-0.2, 0) is 16.1 Å². The number of benzene rings is 1. The SMILES string of the molecule is CC1=NN(Cc2cccc(Br)c2)C(=O)C1CCC(=O)O. The van der Waals surface area contributed by atoms with Gasteiger partial charge in [-0.05, 0) is 31.0 Å². The Morgan fingerprint density at radius 2 is 2.25 bits per heavy atom. The molecule has 1 unspecified atom stereocenters. The van der Waals surface area contributed by atoms with Crippen molar-refractivity contribution in [2.75, 3.05) is 0 Å². The number of hydrazone groups is 1. The maximum absolute atomic E-state index is 12.2. The van der Waals surface area contributed by atoms with Crippen LogP contribution in [0.2, 0.25) is 0 Å². The van der Waals surface area contributed by atoms with Gasteiger partial charge in [-0.2, -0.15) is 5.10 Å².